The maximum Gasteiger partial charge on any atom is 0.329 e. The number of aromatic nitrogens is 2. The van der Waals surface area contributed by atoms with Crippen molar-refractivity contribution in [3.05, 3.63) is 46.1 Å². The zero-order valence-electron chi connectivity index (χ0n) is 12.0. The van der Waals surface area contributed by atoms with Gasteiger partial charge in [0, 0.05) is 12.2 Å². The highest BCUT2D eigenvalue weighted by Gasteiger charge is 2.18. The van der Waals surface area contributed by atoms with Crippen molar-refractivity contribution in [3.8, 4) is 0 Å². The third-order valence-corrected chi connectivity index (χ3v) is 2.95. The number of nitrogens with one attached hydrogen (secondary N) is 2. The third-order valence-electron chi connectivity index (χ3n) is 2.95. The molecule has 0 aliphatic heterocycles. The Balaban J connectivity index is 2.40. The molecule has 0 amide bonds. The molecule has 0 aliphatic carbocycles. The second-order valence-corrected chi connectivity index (χ2v) is 4.35. The van der Waals surface area contributed by atoms with Crippen molar-refractivity contribution < 1.29 is 4.92 Å². The topological polar surface area (TPSA) is 93.0 Å². The molecule has 0 fully saturated rings. The van der Waals surface area contributed by atoms with E-state index < -0.39 is 4.92 Å². The molecule has 0 unspecified atom stereocenters. The third kappa shape index (κ3) is 3.44. The molecule has 0 aliphatic rings. The maximum atomic E-state index is 11.1. The Labute approximate surface area is 122 Å². The van der Waals surface area contributed by atoms with E-state index in [0.29, 0.717) is 12.5 Å². The summed E-state index contributed by atoms with van der Waals surface area (Å²) >= 11 is 0. The molecule has 0 spiro atoms. The largest absolute Gasteiger partial charge is 0.354 e. The van der Waals surface area contributed by atoms with Gasteiger partial charge in [-0.2, -0.15) is 4.98 Å². The van der Waals surface area contributed by atoms with E-state index in [2.05, 4.69) is 20.6 Å². The average Bonchev–Trinajstić information content (AvgIpc) is 2.48. The molecule has 1 aromatic carbocycles. The molecule has 2 rings (SSSR count). The highest BCUT2D eigenvalue weighted by molar-refractivity contribution is 5.68. The van der Waals surface area contributed by atoms with Gasteiger partial charge < -0.3 is 10.6 Å². The molecule has 2 aromatic rings. The molecule has 0 saturated heterocycles. The molecule has 0 atom stereocenters. The van der Waals surface area contributed by atoms with E-state index in [4.69, 9.17) is 0 Å². The number of aryl methyl sites for hydroxylation is 1. The lowest BCUT2D eigenvalue weighted by Gasteiger charge is -2.11. The fraction of sp³-hybridized carbons (Fsp3) is 0.286. The Morgan fingerprint density at radius 2 is 2.05 bits per heavy atom. The highest BCUT2D eigenvalue weighted by Crippen LogP contribution is 2.27. The van der Waals surface area contributed by atoms with Gasteiger partial charge in [-0.05, 0) is 25.0 Å². The van der Waals surface area contributed by atoms with Gasteiger partial charge >= 0.3 is 5.69 Å². The van der Waals surface area contributed by atoms with Crippen LogP contribution < -0.4 is 10.6 Å². The Morgan fingerprint density at radius 3 is 2.71 bits per heavy atom. The van der Waals surface area contributed by atoms with Gasteiger partial charge in [0.2, 0.25) is 11.8 Å². The standard InChI is InChI=1S/C14H17N5O2/c1-3-10-7-5-6-8-11(10)17-13-12(19(20)21)9-16-14(18-13)15-4-2/h5-9H,3-4H2,1-2H3,(H2,15,16,17,18). The second kappa shape index (κ2) is 6.65. The SMILES string of the molecule is CCNc1ncc([N+](=O)[O-])c(Nc2ccccc2CC)n1. The Hall–Kier alpha value is -2.70. The lowest BCUT2D eigenvalue weighted by atomic mass is 10.1. The smallest absolute Gasteiger partial charge is 0.329 e. The number of nitro groups is 1. The summed E-state index contributed by atoms with van der Waals surface area (Å²) in [5.74, 6) is 0.548. The Morgan fingerprint density at radius 1 is 1.29 bits per heavy atom. The molecule has 2 N–H and O–H groups in total. The molecule has 7 heteroatoms. The number of rotatable bonds is 6. The minimum absolute atomic E-state index is 0.150. The average molecular weight is 287 g/mol. The fourth-order valence-electron chi connectivity index (χ4n) is 1.92. The van der Waals surface area contributed by atoms with E-state index in [1.165, 1.54) is 6.20 Å². The van der Waals surface area contributed by atoms with Crippen molar-refractivity contribution in [2.75, 3.05) is 17.2 Å². The van der Waals surface area contributed by atoms with Crippen LogP contribution in [-0.2, 0) is 6.42 Å². The summed E-state index contributed by atoms with van der Waals surface area (Å²) in [6, 6.07) is 7.65. The van der Waals surface area contributed by atoms with Crippen LogP contribution in [0.3, 0.4) is 0 Å². The van der Waals surface area contributed by atoms with Crippen LogP contribution in [0, 0.1) is 10.1 Å². The first kappa shape index (κ1) is 14.7. The second-order valence-electron chi connectivity index (χ2n) is 4.35. The number of hydrogen-bond donors (Lipinski definition) is 2. The monoisotopic (exact) mass is 287 g/mol. The Kier molecular flexibility index (Phi) is 4.65. The van der Waals surface area contributed by atoms with Crippen LogP contribution in [0.1, 0.15) is 19.4 Å². The predicted molar refractivity (Wildman–Crippen MR) is 82.0 cm³/mol. The Bertz CT molecular complexity index is 645. The summed E-state index contributed by atoms with van der Waals surface area (Å²) in [5.41, 5.74) is 1.72. The van der Waals surface area contributed by atoms with E-state index in [0.717, 1.165) is 17.7 Å². The van der Waals surface area contributed by atoms with Crippen LogP contribution >= 0.6 is 0 Å². The van der Waals surface area contributed by atoms with E-state index in [1.54, 1.807) is 0 Å². The molecular weight excluding hydrogens is 270 g/mol. The summed E-state index contributed by atoms with van der Waals surface area (Å²) < 4.78 is 0. The summed E-state index contributed by atoms with van der Waals surface area (Å²) in [6.07, 6.45) is 2.03. The minimum Gasteiger partial charge on any atom is -0.354 e. The summed E-state index contributed by atoms with van der Waals surface area (Å²) in [5, 5.41) is 17.1. The molecule has 0 radical (unpaired) electrons. The van der Waals surface area contributed by atoms with Crippen molar-refractivity contribution >= 4 is 23.1 Å². The zero-order valence-corrected chi connectivity index (χ0v) is 12.0. The van der Waals surface area contributed by atoms with Crippen LogP contribution in [-0.4, -0.2) is 21.4 Å². The number of nitrogens with zero attached hydrogens (tertiary/aromatic N) is 3. The van der Waals surface area contributed by atoms with Crippen molar-refractivity contribution in [2.24, 2.45) is 0 Å². The van der Waals surface area contributed by atoms with Crippen LogP contribution in [0.15, 0.2) is 30.5 Å². The lowest BCUT2D eigenvalue weighted by Crippen LogP contribution is -2.07. The minimum atomic E-state index is -0.493. The van der Waals surface area contributed by atoms with Crippen LogP contribution in [0.5, 0.6) is 0 Å². The highest BCUT2D eigenvalue weighted by atomic mass is 16.6. The van der Waals surface area contributed by atoms with Crippen LogP contribution in [0.2, 0.25) is 0 Å². The first-order chi connectivity index (χ1) is 10.2. The zero-order chi connectivity index (χ0) is 15.2. The number of hydrogen-bond acceptors (Lipinski definition) is 6. The molecule has 0 saturated carbocycles. The van der Waals surface area contributed by atoms with Gasteiger partial charge in [0.15, 0.2) is 0 Å². The number of benzene rings is 1. The van der Waals surface area contributed by atoms with Crippen LogP contribution in [0.25, 0.3) is 0 Å². The van der Waals surface area contributed by atoms with Gasteiger partial charge in [0.05, 0.1) is 4.92 Å². The van der Waals surface area contributed by atoms with Gasteiger partial charge in [-0.3, -0.25) is 10.1 Å². The quantitative estimate of drug-likeness (QED) is 0.626. The van der Waals surface area contributed by atoms with E-state index in [-0.39, 0.29) is 11.5 Å². The molecule has 1 heterocycles. The first-order valence-electron chi connectivity index (χ1n) is 6.76. The maximum absolute atomic E-state index is 11.1. The molecule has 21 heavy (non-hydrogen) atoms. The lowest BCUT2D eigenvalue weighted by molar-refractivity contribution is -0.384. The van der Waals surface area contributed by atoms with E-state index >= 15 is 0 Å². The van der Waals surface area contributed by atoms with Crippen LogP contribution in [0.4, 0.5) is 23.1 Å². The first-order valence-corrected chi connectivity index (χ1v) is 6.76. The summed E-state index contributed by atoms with van der Waals surface area (Å²) in [6.45, 7) is 4.58. The molecular formula is C14H17N5O2. The predicted octanol–water partition coefficient (Wildman–Crippen LogP) is 3.12. The van der Waals surface area contributed by atoms with Gasteiger partial charge in [0.1, 0.15) is 6.20 Å². The summed E-state index contributed by atoms with van der Waals surface area (Å²) in [4.78, 5) is 18.7. The molecule has 110 valence electrons. The number of anilines is 3. The van der Waals surface area contributed by atoms with Crippen molar-refractivity contribution in [2.45, 2.75) is 20.3 Å². The fourth-order valence-corrected chi connectivity index (χ4v) is 1.92. The van der Waals surface area contributed by atoms with Gasteiger partial charge in [-0.15, -0.1) is 0 Å². The summed E-state index contributed by atoms with van der Waals surface area (Å²) in [7, 11) is 0. The number of para-hydroxylation sites is 1. The van der Waals surface area contributed by atoms with Gasteiger partial charge in [-0.25, -0.2) is 4.98 Å². The van der Waals surface area contributed by atoms with E-state index in [9.17, 15) is 10.1 Å². The molecule has 7 nitrogen and oxygen atoms in total. The van der Waals surface area contributed by atoms with Crippen molar-refractivity contribution in [1.82, 2.24) is 9.97 Å². The normalized spacial score (nSPS) is 10.2. The van der Waals surface area contributed by atoms with Gasteiger partial charge in [0.25, 0.3) is 0 Å². The van der Waals surface area contributed by atoms with E-state index in [1.807, 2.05) is 38.1 Å². The van der Waals surface area contributed by atoms with Crippen molar-refractivity contribution in [3.63, 3.8) is 0 Å². The van der Waals surface area contributed by atoms with Gasteiger partial charge in [-0.1, -0.05) is 25.1 Å². The molecule has 0 bridgehead atoms. The van der Waals surface area contributed by atoms with Crippen molar-refractivity contribution in [1.29, 1.82) is 0 Å². The molecule has 1 aromatic heterocycles.